The van der Waals surface area contributed by atoms with Crippen LogP contribution in [0.1, 0.15) is 140 Å². The number of hydrogen-bond donors (Lipinski definition) is 0. The van der Waals surface area contributed by atoms with Crippen LogP contribution in [0.4, 0.5) is 0 Å². The first-order valence-electron chi connectivity index (χ1n) is 13.3. The molecule has 30 heavy (non-hydrogen) atoms. The van der Waals surface area contributed by atoms with E-state index < -0.39 is 5.79 Å². The van der Waals surface area contributed by atoms with Crippen LogP contribution < -0.4 is 0 Å². The summed E-state index contributed by atoms with van der Waals surface area (Å²) in [5.41, 5.74) is 0.297. The summed E-state index contributed by atoms with van der Waals surface area (Å²) in [7, 11) is 0. The van der Waals surface area contributed by atoms with E-state index in [1.54, 1.807) is 0 Å². The molecule has 0 saturated heterocycles. The average molecular weight is 425 g/mol. The quantitative estimate of drug-likeness (QED) is 0.259. The van der Waals surface area contributed by atoms with Crippen LogP contribution in [0.5, 0.6) is 0 Å². The zero-order valence-corrected chi connectivity index (χ0v) is 22.4. The second kappa shape index (κ2) is 12.2. The Hall–Kier alpha value is -0.0800. The molecule has 0 N–H and O–H groups in total. The van der Waals surface area contributed by atoms with E-state index in [0.29, 0.717) is 11.8 Å². The molecule has 0 aromatic rings. The van der Waals surface area contributed by atoms with Crippen LogP contribution in [0.3, 0.4) is 0 Å². The molecule has 2 atom stereocenters. The maximum absolute atomic E-state index is 7.17. The molecule has 1 rings (SSSR count). The van der Waals surface area contributed by atoms with Crippen molar-refractivity contribution in [1.82, 2.24) is 0 Å². The molecular weight excluding hydrogens is 368 g/mol. The molecule has 0 heterocycles. The largest absolute Gasteiger partial charge is 0.346 e. The molecule has 0 aliphatic heterocycles. The van der Waals surface area contributed by atoms with Crippen molar-refractivity contribution >= 4 is 0 Å². The first-order chi connectivity index (χ1) is 13.9. The molecule has 2 nitrogen and oxygen atoms in total. The fourth-order valence-corrected chi connectivity index (χ4v) is 4.56. The molecule has 180 valence electrons. The van der Waals surface area contributed by atoms with Gasteiger partial charge in [-0.15, -0.1) is 0 Å². The zero-order chi connectivity index (χ0) is 23.0. The fraction of sp³-hybridized carbons (Fsp3) is 1.00. The lowest BCUT2D eigenvalue weighted by atomic mass is 9.73. The SMILES string of the molecule is CCCCC(OC1(OC(CCCC)C(C)(C)C(C)C)CCCCC1)C(C)(C)C(C)C. The van der Waals surface area contributed by atoms with Crippen LogP contribution in [0.15, 0.2) is 0 Å². The second-order valence-corrected chi connectivity index (χ2v) is 11.9. The molecular formula is C28H56O2. The van der Waals surface area contributed by atoms with Gasteiger partial charge in [0, 0.05) is 12.8 Å². The minimum Gasteiger partial charge on any atom is -0.346 e. The summed E-state index contributed by atoms with van der Waals surface area (Å²) in [6, 6.07) is 0. The minimum atomic E-state index is -0.395. The predicted molar refractivity (Wildman–Crippen MR) is 132 cm³/mol. The molecule has 0 bridgehead atoms. The minimum absolute atomic E-state index is 0.148. The molecule has 0 aromatic heterocycles. The summed E-state index contributed by atoms with van der Waals surface area (Å²) in [5.74, 6) is 0.777. The van der Waals surface area contributed by atoms with Gasteiger partial charge in [0.25, 0.3) is 0 Å². The maximum atomic E-state index is 7.17. The van der Waals surface area contributed by atoms with Crippen LogP contribution in [0, 0.1) is 22.7 Å². The van der Waals surface area contributed by atoms with Crippen molar-refractivity contribution in [3.63, 3.8) is 0 Å². The van der Waals surface area contributed by atoms with E-state index in [2.05, 4.69) is 69.2 Å². The van der Waals surface area contributed by atoms with Gasteiger partial charge in [-0.05, 0) is 48.3 Å². The van der Waals surface area contributed by atoms with E-state index in [0.717, 1.165) is 25.7 Å². The van der Waals surface area contributed by atoms with Gasteiger partial charge in [0.05, 0.1) is 12.2 Å². The van der Waals surface area contributed by atoms with E-state index in [1.165, 1.54) is 44.9 Å². The topological polar surface area (TPSA) is 18.5 Å². The normalized spacial score (nSPS) is 20.0. The molecule has 1 aliphatic carbocycles. The highest BCUT2D eigenvalue weighted by atomic mass is 16.7. The highest BCUT2D eigenvalue weighted by Crippen LogP contribution is 2.45. The van der Waals surface area contributed by atoms with Gasteiger partial charge >= 0.3 is 0 Å². The molecule has 0 amide bonds. The smallest absolute Gasteiger partial charge is 0.169 e. The van der Waals surface area contributed by atoms with E-state index in [4.69, 9.17) is 9.47 Å². The van der Waals surface area contributed by atoms with Crippen molar-refractivity contribution in [2.45, 2.75) is 158 Å². The summed E-state index contributed by atoms with van der Waals surface area (Å²) < 4.78 is 14.3. The van der Waals surface area contributed by atoms with Crippen molar-refractivity contribution in [2.24, 2.45) is 22.7 Å². The van der Waals surface area contributed by atoms with Gasteiger partial charge in [0.15, 0.2) is 5.79 Å². The van der Waals surface area contributed by atoms with Crippen LogP contribution >= 0.6 is 0 Å². The average Bonchev–Trinajstić information content (AvgIpc) is 2.68. The van der Waals surface area contributed by atoms with Gasteiger partial charge in [0.1, 0.15) is 0 Å². The van der Waals surface area contributed by atoms with Crippen LogP contribution in [-0.2, 0) is 9.47 Å². The standard InChI is InChI=1S/C28H56O2/c1-11-13-18-24(26(7,8)22(3)4)29-28(20-16-15-17-21-28)30-25(19-14-12-2)27(9,10)23(5)6/h22-25H,11-21H2,1-10H3. The number of hydrogen-bond acceptors (Lipinski definition) is 2. The van der Waals surface area contributed by atoms with Crippen molar-refractivity contribution < 1.29 is 9.47 Å². The Balaban J connectivity index is 3.21. The Bertz CT molecular complexity index is 421. The van der Waals surface area contributed by atoms with Gasteiger partial charge in [-0.25, -0.2) is 0 Å². The summed E-state index contributed by atoms with van der Waals surface area (Å²) in [4.78, 5) is 0. The van der Waals surface area contributed by atoms with Crippen molar-refractivity contribution in [3.8, 4) is 0 Å². The number of rotatable bonds is 14. The van der Waals surface area contributed by atoms with Gasteiger partial charge in [-0.1, -0.05) is 101 Å². The summed E-state index contributed by atoms with van der Waals surface area (Å²) in [5, 5.41) is 0. The second-order valence-electron chi connectivity index (χ2n) is 11.9. The predicted octanol–water partition coefficient (Wildman–Crippen LogP) is 9.16. The highest BCUT2D eigenvalue weighted by Gasteiger charge is 2.46. The summed E-state index contributed by atoms with van der Waals surface area (Å²) in [6.45, 7) is 23.6. The van der Waals surface area contributed by atoms with E-state index >= 15 is 0 Å². The third-order valence-corrected chi connectivity index (χ3v) is 8.60. The third-order valence-electron chi connectivity index (χ3n) is 8.60. The van der Waals surface area contributed by atoms with E-state index in [-0.39, 0.29) is 23.0 Å². The lowest BCUT2D eigenvalue weighted by Crippen LogP contribution is -2.51. The Morgan fingerprint density at radius 3 is 1.33 bits per heavy atom. The van der Waals surface area contributed by atoms with Crippen LogP contribution in [0.2, 0.25) is 0 Å². The summed E-state index contributed by atoms with van der Waals surface area (Å²) in [6.07, 6.45) is 13.6. The van der Waals surface area contributed by atoms with Crippen molar-refractivity contribution in [1.29, 1.82) is 0 Å². The Morgan fingerprint density at radius 1 is 0.667 bits per heavy atom. The third kappa shape index (κ3) is 7.51. The fourth-order valence-electron chi connectivity index (χ4n) is 4.56. The highest BCUT2D eigenvalue weighted by molar-refractivity contribution is 4.89. The lowest BCUT2D eigenvalue weighted by molar-refractivity contribution is -0.321. The zero-order valence-electron chi connectivity index (χ0n) is 22.4. The first-order valence-corrected chi connectivity index (χ1v) is 13.3. The molecule has 0 radical (unpaired) electrons. The van der Waals surface area contributed by atoms with Gasteiger partial charge in [0.2, 0.25) is 0 Å². The molecule has 1 aliphatic rings. The van der Waals surface area contributed by atoms with Gasteiger partial charge in [-0.3, -0.25) is 0 Å². The van der Waals surface area contributed by atoms with Crippen molar-refractivity contribution in [3.05, 3.63) is 0 Å². The van der Waals surface area contributed by atoms with Gasteiger partial charge < -0.3 is 9.47 Å². The Kier molecular flexibility index (Phi) is 11.4. The van der Waals surface area contributed by atoms with Crippen LogP contribution in [-0.4, -0.2) is 18.0 Å². The molecule has 1 fully saturated rings. The summed E-state index contributed by atoms with van der Waals surface area (Å²) >= 11 is 0. The van der Waals surface area contributed by atoms with Gasteiger partial charge in [-0.2, -0.15) is 0 Å². The molecule has 2 heteroatoms. The van der Waals surface area contributed by atoms with Crippen molar-refractivity contribution in [2.75, 3.05) is 0 Å². The Morgan fingerprint density at radius 2 is 1.03 bits per heavy atom. The monoisotopic (exact) mass is 424 g/mol. The van der Waals surface area contributed by atoms with E-state index in [1.807, 2.05) is 0 Å². The number of unbranched alkanes of at least 4 members (excludes halogenated alkanes) is 2. The maximum Gasteiger partial charge on any atom is 0.169 e. The van der Waals surface area contributed by atoms with Crippen LogP contribution in [0.25, 0.3) is 0 Å². The first kappa shape index (κ1) is 28.0. The van der Waals surface area contributed by atoms with E-state index in [9.17, 15) is 0 Å². The number of ether oxygens (including phenoxy) is 2. The molecule has 2 unspecified atom stereocenters. The molecule has 0 spiro atoms. The Labute approximate surface area is 190 Å². The molecule has 1 saturated carbocycles. The lowest BCUT2D eigenvalue weighted by Gasteiger charge is -2.49. The molecule has 0 aromatic carbocycles.